The summed E-state index contributed by atoms with van der Waals surface area (Å²) in [5.41, 5.74) is 1.56. The smallest absolute Gasteiger partial charge is 0.0914 e. The van der Waals surface area contributed by atoms with Gasteiger partial charge in [-0.15, -0.1) is 0 Å². The fourth-order valence-electron chi connectivity index (χ4n) is 2.46. The first-order valence-electron chi connectivity index (χ1n) is 5.75. The molecule has 0 amide bonds. The highest BCUT2D eigenvalue weighted by Gasteiger charge is 2.34. The lowest BCUT2D eigenvalue weighted by atomic mass is 9.75. The summed E-state index contributed by atoms with van der Waals surface area (Å²) in [7, 11) is 0. The molecule has 0 saturated heterocycles. The predicted molar refractivity (Wildman–Crippen MR) is 60.5 cm³/mol. The van der Waals surface area contributed by atoms with E-state index in [1.807, 2.05) is 19.2 Å². The Labute approximate surface area is 91.4 Å². The van der Waals surface area contributed by atoms with Crippen LogP contribution in [0.25, 0.3) is 0 Å². The largest absolute Gasteiger partial charge is 0.385 e. The summed E-state index contributed by atoms with van der Waals surface area (Å²) < 4.78 is 0. The number of rotatable bonds is 1. The van der Waals surface area contributed by atoms with Crippen molar-refractivity contribution in [2.24, 2.45) is 5.92 Å². The van der Waals surface area contributed by atoms with Crippen LogP contribution in [0.3, 0.4) is 0 Å². The van der Waals surface area contributed by atoms with Crippen molar-refractivity contribution in [1.29, 1.82) is 0 Å². The zero-order valence-electron chi connectivity index (χ0n) is 9.53. The van der Waals surface area contributed by atoms with Crippen LogP contribution in [0.5, 0.6) is 0 Å². The van der Waals surface area contributed by atoms with E-state index in [9.17, 15) is 5.11 Å². The molecular formula is C13H19NO. The molecule has 1 aliphatic rings. The fourth-order valence-corrected chi connectivity index (χ4v) is 2.46. The molecule has 0 aromatic carbocycles. The molecule has 1 N–H and O–H groups in total. The van der Waals surface area contributed by atoms with E-state index in [4.69, 9.17) is 0 Å². The summed E-state index contributed by atoms with van der Waals surface area (Å²) in [4.78, 5) is 4.12. The molecule has 1 aromatic heterocycles. The van der Waals surface area contributed by atoms with Crippen molar-refractivity contribution in [3.63, 3.8) is 0 Å². The molecule has 0 radical (unpaired) electrons. The minimum absolute atomic E-state index is 0.620. The Morgan fingerprint density at radius 2 is 2.07 bits per heavy atom. The van der Waals surface area contributed by atoms with Gasteiger partial charge in [0.05, 0.1) is 5.60 Å². The van der Waals surface area contributed by atoms with Crippen LogP contribution in [0, 0.1) is 12.8 Å². The number of aliphatic hydroxyl groups is 1. The van der Waals surface area contributed by atoms with Crippen molar-refractivity contribution < 1.29 is 5.11 Å². The van der Waals surface area contributed by atoms with Crippen molar-refractivity contribution in [2.45, 2.75) is 45.1 Å². The van der Waals surface area contributed by atoms with Crippen LogP contribution < -0.4 is 0 Å². The number of nitrogens with zero attached hydrogens (tertiary/aromatic N) is 1. The Kier molecular flexibility index (Phi) is 2.79. The van der Waals surface area contributed by atoms with E-state index < -0.39 is 5.60 Å². The average Bonchev–Trinajstić information content (AvgIpc) is 2.23. The molecule has 2 nitrogen and oxygen atoms in total. The molecule has 0 bridgehead atoms. The van der Waals surface area contributed by atoms with Gasteiger partial charge in [-0.25, -0.2) is 0 Å². The number of aromatic nitrogens is 1. The fraction of sp³-hybridized carbons (Fsp3) is 0.615. The van der Waals surface area contributed by atoms with E-state index in [-0.39, 0.29) is 0 Å². The third-order valence-electron chi connectivity index (χ3n) is 3.64. The summed E-state index contributed by atoms with van der Waals surface area (Å²) in [5.74, 6) is 0.752. The van der Waals surface area contributed by atoms with Gasteiger partial charge in [-0.05, 0) is 50.2 Å². The third kappa shape index (κ3) is 2.05. The molecule has 0 atom stereocenters. The highest BCUT2D eigenvalue weighted by Crippen LogP contribution is 2.39. The molecule has 82 valence electrons. The van der Waals surface area contributed by atoms with Gasteiger partial charge in [-0.2, -0.15) is 0 Å². The van der Waals surface area contributed by atoms with Crippen LogP contribution >= 0.6 is 0 Å². The second-order valence-corrected chi connectivity index (χ2v) is 4.90. The number of aryl methyl sites for hydroxylation is 1. The Bertz CT molecular complexity index is 340. The van der Waals surface area contributed by atoms with Crippen LogP contribution in [-0.2, 0) is 5.60 Å². The number of hydrogen-bond acceptors (Lipinski definition) is 2. The van der Waals surface area contributed by atoms with Crippen LogP contribution in [-0.4, -0.2) is 10.1 Å². The van der Waals surface area contributed by atoms with Crippen LogP contribution in [0.15, 0.2) is 18.5 Å². The van der Waals surface area contributed by atoms with E-state index in [2.05, 4.69) is 11.9 Å². The van der Waals surface area contributed by atoms with Gasteiger partial charge in [0.2, 0.25) is 0 Å². The van der Waals surface area contributed by atoms with Gasteiger partial charge in [0, 0.05) is 18.0 Å². The Balaban J connectivity index is 2.26. The summed E-state index contributed by atoms with van der Waals surface area (Å²) in [6.07, 6.45) is 7.59. The maximum Gasteiger partial charge on any atom is 0.0914 e. The molecule has 15 heavy (non-hydrogen) atoms. The normalized spacial score (nSPS) is 31.5. The van der Waals surface area contributed by atoms with Gasteiger partial charge in [0.25, 0.3) is 0 Å². The van der Waals surface area contributed by atoms with E-state index >= 15 is 0 Å². The van der Waals surface area contributed by atoms with E-state index in [1.165, 1.54) is 0 Å². The van der Waals surface area contributed by atoms with Gasteiger partial charge in [0.1, 0.15) is 0 Å². The van der Waals surface area contributed by atoms with Crippen molar-refractivity contribution in [2.75, 3.05) is 0 Å². The van der Waals surface area contributed by atoms with Crippen LogP contribution in [0.4, 0.5) is 0 Å². The van der Waals surface area contributed by atoms with Crippen molar-refractivity contribution in [3.05, 3.63) is 29.6 Å². The lowest BCUT2D eigenvalue weighted by Crippen LogP contribution is -2.31. The van der Waals surface area contributed by atoms with Gasteiger partial charge >= 0.3 is 0 Å². The molecule has 1 fully saturated rings. The first kappa shape index (κ1) is 10.6. The molecule has 0 spiro atoms. The zero-order chi connectivity index (χ0) is 10.9. The average molecular weight is 205 g/mol. The SMILES string of the molecule is Cc1ccncc1C1(O)CCC(C)CC1. The minimum atomic E-state index is -0.620. The Morgan fingerprint density at radius 1 is 1.40 bits per heavy atom. The summed E-state index contributed by atoms with van der Waals surface area (Å²) >= 11 is 0. The van der Waals surface area contributed by atoms with Gasteiger partial charge < -0.3 is 5.11 Å². The molecule has 1 saturated carbocycles. The highest BCUT2D eigenvalue weighted by molar-refractivity contribution is 5.28. The van der Waals surface area contributed by atoms with E-state index in [0.29, 0.717) is 0 Å². The first-order valence-corrected chi connectivity index (χ1v) is 5.75. The van der Waals surface area contributed by atoms with Crippen LogP contribution in [0.1, 0.15) is 43.7 Å². The monoisotopic (exact) mass is 205 g/mol. The van der Waals surface area contributed by atoms with E-state index in [0.717, 1.165) is 42.7 Å². The summed E-state index contributed by atoms with van der Waals surface area (Å²) in [6, 6.07) is 1.98. The topological polar surface area (TPSA) is 33.1 Å². The predicted octanol–water partition coefficient (Wildman–Crippen LogP) is 2.79. The molecule has 1 heterocycles. The van der Waals surface area contributed by atoms with Crippen molar-refractivity contribution >= 4 is 0 Å². The van der Waals surface area contributed by atoms with Crippen LogP contribution in [0.2, 0.25) is 0 Å². The summed E-state index contributed by atoms with van der Waals surface area (Å²) in [5, 5.41) is 10.6. The molecule has 1 aromatic rings. The highest BCUT2D eigenvalue weighted by atomic mass is 16.3. The Morgan fingerprint density at radius 3 is 2.67 bits per heavy atom. The van der Waals surface area contributed by atoms with Crippen molar-refractivity contribution in [1.82, 2.24) is 4.98 Å². The lowest BCUT2D eigenvalue weighted by molar-refractivity contribution is -0.0128. The second-order valence-electron chi connectivity index (χ2n) is 4.90. The van der Waals surface area contributed by atoms with Gasteiger partial charge in [0.15, 0.2) is 0 Å². The van der Waals surface area contributed by atoms with Gasteiger partial charge in [-0.3, -0.25) is 4.98 Å². The van der Waals surface area contributed by atoms with Gasteiger partial charge in [-0.1, -0.05) is 6.92 Å². The third-order valence-corrected chi connectivity index (χ3v) is 3.64. The molecule has 0 aliphatic heterocycles. The molecule has 2 heteroatoms. The van der Waals surface area contributed by atoms with Crippen molar-refractivity contribution in [3.8, 4) is 0 Å². The second kappa shape index (κ2) is 3.93. The van der Waals surface area contributed by atoms with E-state index in [1.54, 1.807) is 6.20 Å². The molecular weight excluding hydrogens is 186 g/mol. The lowest BCUT2D eigenvalue weighted by Gasteiger charge is -2.35. The maximum absolute atomic E-state index is 10.6. The number of pyridine rings is 1. The quantitative estimate of drug-likeness (QED) is 0.764. The maximum atomic E-state index is 10.6. The Hall–Kier alpha value is -0.890. The first-order chi connectivity index (χ1) is 7.12. The molecule has 2 rings (SSSR count). The standard InChI is InChI=1S/C13H19NO/c1-10-3-6-13(15,7-4-10)12-9-14-8-5-11(12)2/h5,8-10,15H,3-4,6-7H2,1-2H3. The zero-order valence-corrected chi connectivity index (χ0v) is 9.53. The molecule has 0 unspecified atom stereocenters. The summed E-state index contributed by atoms with van der Waals surface area (Å²) in [6.45, 7) is 4.31. The molecule has 1 aliphatic carbocycles. The number of hydrogen-bond donors (Lipinski definition) is 1. The minimum Gasteiger partial charge on any atom is -0.385 e.